The normalized spacial score (nSPS) is 26.2. The Morgan fingerprint density at radius 3 is 2.20 bits per heavy atom. The number of nitriles is 1. The van der Waals surface area contributed by atoms with E-state index in [0.29, 0.717) is 52.0 Å². The summed E-state index contributed by atoms with van der Waals surface area (Å²) in [5, 5.41) is 15.2. The van der Waals surface area contributed by atoms with E-state index in [9.17, 15) is 29.2 Å². The van der Waals surface area contributed by atoms with Gasteiger partial charge >= 0.3 is 0 Å². The molecule has 2 aliphatic carbocycles. The second-order valence-corrected chi connectivity index (χ2v) is 16.6. The van der Waals surface area contributed by atoms with Crippen molar-refractivity contribution in [1.29, 1.82) is 5.26 Å². The van der Waals surface area contributed by atoms with Gasteiger partial charge in [0.2, 0.25) is 11.8 Å². The summed E-state index contributed by atoms with van der Waals surface area (Å²) < 4.78 is 6.44. The van der Waals surface area contributed by atoms with Crippen molar-refractivity contribution >= 4 is 46.8 Å². The van der Waals surface area contributed by atoms with E-state index in [-0.39, 0.29) is 35.8 Å². The molecule has 2 saturated carbocycles. The second-order valence-electron chi connectivity index (χ2n) is 16.2. The second kappa shape index (κ2) is 13.5. The van der Waals surface area contributed by atoms with Gasteiger partial charge in [0.1, 0.15) is 23.5 Å². The van der Waals surface area contributed by atoms with Gasteiger partial charge in [-0.05, 0) is 111 Å². The van der Waals surface area contributed by atoms with Crippen LogP contribution < -0.4 is 20.3 Å². The molecule has 3 aromatic rings. The van der Waals surface area contributed by atoms with Crippen molar-refractivity contribution < 1.29 is 28.7 Å². The number of hydrogen-bond acceptors (Lipinski definition) is 9. The number of rotatable bonds is 8. The average Bonchev–Trinajstić information content (AvgIpc) is 3.90. The number of benzene rings is 3. The van der Waals surface area contributed by atoms with Crippen molar-refractivity contribution in [3.8, 4) is 11.8 Å². The number of anilines is 1. The van der Waals surface area contributed by atoms with E-state index in [2.05, 4.69) is 26.5 Å². The number of carbonyl (C=O) groups is 5. The molecule has 2 N–H and O–H groups in total. The van der Waals surface area contributed by atoms with Gasteiger partial charge in [0.05, 0.1) is 21.7 Å². The van der Waals surface area contributed by atoms with Gasteiger partial charge in [0, 0.05) is 68.4 Å². The standard InChI is InChI=1S/C42H41ClN6O6/c43-34-19-31(6-3-27(34)20-44)55-42-13-11-41(24-42,12-14-42)46-37(51)26-1-4-30(5-2-26)48-15-9-25(10-16-48)21-47-22-28-17-32-33(18-29(28)23-47)40(54)49(39(32)53)35-7-8-36(50)45-38(35)52/h1-6,17-19,25,35H,7-16,21-24H2,(H,46,51)(H,45,50,52). The highest BCUT2D eigenvalue weighted by atomic mass is 35.5. The summed E-state index contributed by atoms with van der Waals surface area (Å²) in [5.41, 5.74) is 4.27. The van der Waals surface area contributed by atoms with Gasteiger partial charge in [-0.3, -0.25) is 39.1 Å². The van der Waals surface area contributed by atoms with Crippen LogP contribution in [0.2, 0.25) is 5.02 Å². The maximum absolute atomic E-state index is 13.5. The highest BCUT2D eigenvalue weighted by Crippen LogP contribution is 2.53. The molecule has 12 nitrogen and oxygen atoms in total. The highest BCUT2D eigenvalue weighted by molar-refractivity contribution is 6.31. The molecule has 4 aliphatic heterocycles. The van der Waals surface area contributed by atoms with Gasteiger partial charge in [-0.15, -0.1) is 0 Å². The Kier molecular flexibility index (Phi) is 8.70. The molecule has 282 valence electrons. The van der Waals surface area contributed by atoms with E-state index < -0.39 is 23.8 Å². The molecule has 5 amide bonds. The third-order valence-corrected chi connectivity index (χ3v) is 13.0. The number of piperidine rings is 2. The van der Waals surface area contributed by atoms with E-state index in [1.54, 1.807) is 18.2 Å². The largest absolute Gasteiger partial charge is 0.487 e. The van der Waals surface area contributed by atoms with E-state index in [4.69, 9.17) is 16.3 Å². The monoisotopic (exact) mass is 760 g/mol. The Morgan fingerprint density at radius 1 is 0.909 bits per heavy atom. The molecule has 13 heteroatoms. The molecule has 6 aliphatic rings. The van der Waals surface area contributed by atoms with E-state index in [1.807, 2.05) is 36.4 Å². The Balaban J connectivity index is 0.755. The molecule has 4 fully saturated rings. The Hall–Kier alpha value is -5.25. The van der Waals surface area contributed by atoms with Crippen molar-refractivity contribution in [2.75, 3.05) is 24.5 Å². The molecule has 9 rings (SSSR count). The first kappa shape index (κ1) is 35.5. The first-order valence-corrected chi connectivity index (χ1v) is 19.5. The first-order valence-electron chi connectivity index (χ1n) is 19.2. The van der Waals surface area contributed by atoms with Gasteiger partial charge in [0.25, 0.3) is 17.7 Å². The molecule has 0 radical (unpaired) electrons. The van der Waals surface area contributed by atoms with Gasteiger partial charge in [-0.1, -0.05) is 11.6 Å². The van der Waals surface area contributed by atoms with E-state index in [1.165, 1.54) is 0 Å². The summed E-state index contributed by atoms with van der Waals surface area (Å²) in [6.07, 6.45) is 6.45. The van der Waals surface area contributed by atoms with Gasteiger partial charge in [-0.2, -0.15) is 5.26 Å². The predicted molar refractivity (Wildman–Crippen MR) is 201 cm³/mol. The van der Waals surface area contributed by atoms with Crippen molar-refractivity contribution in [3.05, 3.63) is 93.0 Å². The summed E-state index contributed by atoms with van der Waals surface area (Å²) in [5.74, 6) is -0.834. The van der Waals surface area contributed by atoms with Crippen molar-refractivity contribution in [1.82, 2.24) is 20.4 Å². The molecule has 1 atom stereocenters. The summed E-state index contributed by atoms with van der Waals surface area (Å²) in [6, 6.07) is 17.8. The molecular weight excluding hydrogens is 720 g/mol. The van der Waals surface area contributed by atoms with Crippen LogP contribution in [0.5, 0.6) is 5.75 Å². The number of imide groups is 2. The van der Waals surface area contributed by atoms with Crippen molar-refractivity contribution in [2.24, 2.45) is 5.92 Å². The summed E-state index contributed by atoms with van der Waals surface area (Å²) in [6.45, 7) is 4.16. The number of fused-ring (bicyclic) bond motifs is 4. The molecule has 4 heterocycles. The Labute approximate surface area is 323 Å². The third-order valence-electron chi connectivity index (χ3n) is 12.7. The van der Waals surface area contributed by atoms with Crippen LogP contribution >= 0.6 is 11.6 Å². The van der Waals surface area contributed by atoms with Crippen LogP contribution in [0.25, 0.3) is 0 Å². The lowest BCUT2D eigenvalue weighted by atomic mass is 9.92. The van der Waals surface area contributed by atoms with Crippen molar-refractivity contribution in [2.45, 2.75) is 88.1 Å². The van der Waals surface area contributed by atoms with E-state index >= 15 is 0 Å². The van der Waals surface area contributed by atoms with Gasteiger partial charge in [0.15, 0.2) is 0 Å². The maximum atomic E-state index is 13.5. The summed E-state index contributed by atoms with van der Waals surface area (Å²) in [7, 11) is 0. The lowest BCUT2D eigenvalue weighted by molar-refractivity contribution is -0.136. The summed E-state index contributed by atoms with van der Waals surface area (Å²) in [4.78, 5) is 69.9. The lowest BCUT2D eigenvalue weighted by Crippen LogP contribution is -2.54. The van der Waals surface area contributed by atoms with Crippen LogP contribution in [0.4, 0.5) is 5.69 Å². The Morgan fingerprint density at radius 2 is 1.58 bits per heavy atom. The van der Waals surface area contributed by atoms with Crippen LogP contribution in [-0.2, 0) is 22.7 Å². The van der Waals surface area contributed by atoms with Gasteiger partial charge in [-0.25, -0.2) is 0 Å². The third kappa shape index (κ3) is 6.43. The minimum Gasteiger partial charge on any atom is -0.487 e. The number of nitrogens with zero attached hydrogens (tertiary/aromatic N) is 4. The zero-order valence-electron chi connectivity index (χ0n) is 30.4. The van der Waals surface area contributed by atoms with Crippen LogP contribution in [0, 0.1) is 17.2 Å². The number of ether oxygens (including phenoxy) is 1. The summed E-state index contributed by atoms with van der Waals surface area (Å²) >= 11 is 6.24. The minimum absolute atomic E-state index is 0.0680. The molecule has 0 spiro atoms. The number of halogens is 1. The van der Waals surface area contributed by atoms with Crippen molar-refractivity contribution in [3.63, 3.8) is 0 Å². The average molecular weight is 761 g/mol. The molecular formula is C42H41ClN6O6. The quantitative estimate of drug-likeness (QED) is 0.299. The van der Waals surface area contributed by atoms with Crippen LogP contribution in [0.1, 0.15) is 106 Å². The SMILES string of the molecule is N#Cc1ccc(OC23CCC(NC(=O)c4ccc(N5CCC(CN6Cc7cc8c(cc7C6)C(=O)N(C6CCC(=O)NC6=O)C8=O)CC5)cc4)(CC2)C3)cc1Cl. The smallest absolute Gasteiger partial charge is 0.262 e. The highest BCUT2D eigenvalue weighted by Gasteiger charge is 2.57. The molecule has 3 aromatic carbocycles. The minimum atomic E-state index is -0.963. The molecule has 2 saturated heterocycles. The van der Waals surface area contributed by atoms with Gasteiger partial charge < -0.3 is 15.0 Å². The topological polar surface area (TPSA) is 152 Å². The number of amides is 5. The van der Waals surface area contributed by atoms with E-state index in [0.717, 1.165) is 86.3 Å². The Bertz CT molecular complexity index is 2140. The zero-order chi connectivity index (χ0) is 38.1. The first-order chi connectivity index (χ1) is 26.5. The number of hydrogen-bond donors (Lipinski definition) is 2. The number of nitrogens with one attached hydrogen (secondary N) is 2. The molecule has 2 bridgehead atoms. The predicted octanol–water partition coefficient (Wildman–Crippen LogP) is 5.11. The fourth-order valence-corrected chi connectivity index (χ4v) is 10.0. The molecule has 55 heavy (non-hydrogen) atoms. The van der Waals surface area contributed by atoms with Crippen LogP contribution in [0.3, 0.4) is 0 Å². The fourth-order valence-electron chi connectivity index (χ4n) is 9.81. The molecule has 0 aromatic heterocycles. The number of carbonyl (C=O) groups excluding carboxylic acids is 5. The fraction of sp³-hybridized carbons (Fsp3) is 0.429. The van der Waals surface area contributed by atoms with Crippen LogP contribution in [-0.4, -0.2) is 76.2 Å². The zero-order valence-corrected chi connectivity index (χ0v) is 31.1. The lowest BCUT2D eigenvalue weighted by Gasteiger charge is -2.35. The molecule has 1 unspecified atom stereocenters. The van der Waals surface area contributed by atoms with Crippen LogP contribution in [0.15, 0.2) is 54.6 Å². The maximum Gasteiger partial charge on any atom is 0.262 e.